The molecule has 0 aromatic rings. The number of ketones is 1. The van der Waals surface area contributed by atoms with Crippen LogP contribution >= 0.6 is 12.6 Å². The maximum atomic E-state index is 13.6. The molecule has 0 bridgehead atoms. The van der Waals surface area contributed by atoms with Crippen molar-refractivity contribution < 1.29 is 72.5 Å². The van der Waals surface area contributed by atoms with Crippen LogP contribution < -0.4 is 0 Å². The maximum Gasteiger partial charge on any atom is 0.468 e. The summed E-state index contributed by atoms with van der Waals surface area (Å²) in [4.78, 5) is 34.3. The zero-order valence-electron chi connectivity index (χ0n) is 16.4. The predicted molar refractivity (Wildman–Crippen MR) is 90.4 cm³/mol. The molecular formula is C16H16F10O6S. The van der Waals surface area contributed by atoms with E-state index >= 15 is 0 Å². The second-order valence-corrected chi connectivity index (χ2v) is 6.87. The lowest BCUT2D eigenvalue weighted by atomic mass is 10.1. The van der Waals surface area contributed by atoms with Crippen LogP contribution in [0.1, 0.15) is 26.2 Å². The van der Waals surface area contributed by atoms with E-state index in [-0.39, 0.29) is 0 Å². The Morgan fingerprint density at radius 2 is 1.42 bits per heavy atom. The fourth-order valence-corrected chi connectivity index (χ4v) is 1.88. The first-order chi connectivity index (χ1) is 14.6. The number of alkyl halides is 10. The van der Waals surface area contributed by atoms with Crippen LogP contribution in [0.15, 0.2) is 12.2 Å². The summed E-state index contributed by atoms with van der Waals surface area (Å²) < 4.78 is 142. The largest absolute Gasteiger partial charge is 0.468 e. The zero-order valence-corrected chi connectivity index (χ0v) is 17.3. The average molecular weight is 526 g/mol. The van der Waals surface area contributed by atoms with E-state index in [0.29, 0.717) is 0 Å². The second-order valence-electron chi connectivity index (χ2n) is 6.31. The summed E-state index contributed by atoms with van der Waals surface area (Å²) in [5, 5.41) is -4.77. The Kier molecular flexibility index (Phi) is 10.2. The van der Waals surface area contributed by atoms with E-state index in [4.69, 9.17) is 0 Å². The standard InChI is InChI=1S/C16H16F10O6S/c1-8(27)7-30-11(29)13(15(22,23)24,32-10(28)9(2)14(19,20)21)31-6-4-3-5-12(17,18)16(25,26)33/h33H,2-7H2,1H3. The van der Waals surface area contributed by atoms with Crippen LogP contribution in [0.5, 0.6) is 0 Å². The summed E-state index contributed by atoms with van der Waals surface area (Å²) in [6.07, 6.45) is -15.1. The van der Waals surface area contributed by atoms with E-state index < -0.39 is 85.1 Å². The predicted octanol–water partition coefficient (Wildman–Crippen LogP) is 4.38. The molecule has 0 aliphatic rings. The van der Waals surface area contributed by atoms with Gasteiger partial charge in [0.05, 0.1) is 6.61 Å². The summed E-state index contributed by atoms with van der Waals surface area (Å²) in [5.41, 5.74) is -2.48. The number of rotatable bonds is 12. The van der Waals surface area contributed by atoms with Crippen molar-refractivity contribution in [2.75, 3.05) is 13.2 Å². The van der Waals surface area contributed by atoms with Crippen molar-refractivity contribution in [1.82, 2.24) is 0 Å². The van der Waals surface area contributed by atoms with Gasteiger partial charge in [-0.2, -0.15) is 43.9 Å². The third kappa shape index (κ3) is 8.68. The molecule has 0 aliphatic carbocycles. The van der Waals surface area contributed by atoms with Crippen molar-refractivity contribution in [3.05, 3.63) is 12.2 Å². The molecule has 0 aromatic carbocycles. The van der Waals surface area contributed by atoms with Gasteiger partial charge in [0.2, 0.25) is 0 Å². The van der Waals surface area contributed by atoms with E-state index in [1.165, 1.54) is 0 Å². The first kappa shape index (κ1) is 31.0. The van der Waals surface area contributed by atoms with Gasteiger partial charge in [-0.15, -0.1) is 0 Å². The Morgan fingerprint density at radius 1 is 0.909 bits per heavy atom. The molecular weight excluding hydrogens is 510 g/mol. The molecule has 192 valence electrons. The highest BCUT2D eigenvalue weighted by Gasteiger charge is 2.68. The number of hydrogen-bond donors (Lipinski definition) is 1. The highest BCUT2D eigenvalue weighted by atomic mass is 32.1. The molecule has 0 heterocycles. The van der Waals surface area contributed by atoms with Crippen molar-refractivity contribution in [3.8, 4) is 0 Å². The summed E-state index contributed by atoms with van der Waals surface area (Å²) in [6, 6.07) is 0. The maximum absolute atomic E-state index is 13.6. The molecule has 1 atom stereocenters. The first-order valence-corrected chi connectivity index (χ1v) is 8.88. The lowest BCUT2D eigenvalue weighted by molar-refractivity contribution is -0.355. The smallest absolute Gasteiger partial charge is 0.453 e. The monoisotopic (exact) mass is 526 g/mol. The molecule has 0 N–H and O–H groups in total. The lowest BCUT2D eigenvalue weighted by Gasteiger charge is -2.32. The fraction of sp³-hybridized carbons (Fsp3) is 0.688. The van der Waals surface area contributed by atoms with E-state index in [1.54, 1.807) is 0 Å². The summed E-state index contributed by atoms with van der Waals surface area (Å²) in [6.45, 7) is 0.203. The van der Waals surface area contributed by atoms with Gasteiger partial charge in [0.25, 0.3) is 0 Å². The number of thiol groups is 1. The van der Waals surface area contributed by atoms with Gasteiger partial charge in [-0.1, -0.05) is 19.2 Å². The van der Waals surface area contributed by atoms with Crippen LogP contribution in [0.3, 0.4) is 0 Å². The average Bonchev–Trinajstić information content (AvgIpc) is 2.61. The normalized spacial score (nSPS) is 14.9. The van der Waals surface area contributed by atoms with Gasteiger partial charge in [-0.25, -0.2) is 9.59 Å². The summed E-state index contributed by atoms with van der Waals surface area (Å²) in [7, 11) is 0. The second kappa shape index (κ2) is 10.9. The molecule has 1 unspecified atom stereocenters. The van der Waals surface area contributed by atoms with E-state index in [2.05, 4.69) is 33.4 Å². The van der Waals surface area contributed by atoms with Crippen LogP contribution in [-0.4, -0.2) is 60.3 Å². The van der Waals surface area contributed by atoms with E-state index in [0.717, 1.165) is 6.92 Å². The molecule has 0 spiro atoms. The number of esters is 2. The molecule has 0 fully saturated rings. The Hall–Kier alpha value is -2.04. The van der Waals surface area contributed by atoms with Crippen molar-refractivity contribution in [2.24, 2.45) is 0 Å². The van der Waals surface area contributed by atoms with Gasteiger partial charge in [-0.05, 0) is 19.8 Å². The molecule has 0 aromatic heterocycles. The number of carbonyl (C=O) groups excluding carboxylic acids is 3. The quantitative estimate of drug-likeness (QED) is 0.102. The molecule has 0 saturated heterocycles. The Bertz CT molecular complexity index is 744. The molecule has 17 heteroatoms. The number of Topliss-reactive ketones (excluding diaryl/α,β-unsaturated/α-hetero) is 1. The fourth-order valence-electron chi connectivity index (χ4n) is 1.77. The number of hydrogen-bond acceptors (Lipinski definition) is 7. The van der Waals surface area contributed by atoms with Crippen molar-refractivity contribution in [3.63, 3.8) is 0 Å². The number of unbranched alkanes of at least 4 members (excludes halogenated alkanes) is 1. The first-order valence-electron chi connectivity index (χ1n) is 8.43. The SMILES string of the molecule is C=C(C(=O)OC(OCCCCC(F)(F)C(F)(F)S)(C(=O)OCC(C)=O)C(F)(F)F)C(F)(F)F. The van der Waals surface area contributed by atoms with Crippen molar-refractivity contribution >= 4 is 30.4 Å². The molecule has 33 heavy (non-hydrogen) atoms. The molecule has 0 aliphatic heterocycles. The van der Waals surface area contributed by atoms with Gasteiger partial charge in [0.1, 0.15) is 12.2 Å². The molecule has 0 saturated carbocycles. The van der Waals surface area contributed by atoms with Crippen LogP contribution in [0.25, 0.3) is 0 Å². The minimum Gasteiger partial charge on any atom is -0.453 e. The minimum atomic E-state index is -6.11. The minimum absolute atomic E-state index is 0.748. The van der Waals surface area contributed by atoms with Crippen LogP contribution in [0.2, 0.25) is 0 Å². The van der Waals surface area contributed by atoms with Crippen molar-refractivity contribution in [1.29, 1.82) is 0 Å². The van der Waals surface area contributed by atoms with Crippen LogP contribution in [-0.2, 0) is 28.6 Å². The van der Waals surface area contributed by atoms with Gasteiger partial charge in [0.15, 0.2) is 5.78 Å². The molecule has 0 rings (SSSR count). The number of halogens is 10. The van der Waals surface area contributed by atoms with Crippen LogP contribution in [0.4, 0.5) is 43.9 Å². The van der Waals surface area contributed by atoms with Crippen LogP contribution in [0, 0.1) is 0 Å². The topological polar surface area (TPSA) is 78.9 Å². The third-order valence-electron chi connectivity index (χ3n) is 3.50. The molecule has 6 nitrogen and oxygen atoms in total. The summed E-state index contributed by atoms with van der Waals surface area (Å²) in [5.74, 6) is -16.0. The van der Waals surface area contributed by atoms with Gasteiger partial charge < -0.3 is 14.2 Å². The third-order valence-corrected chi connectivity index (χ3v) is 3.83. The van der Waals surface area contributed by atoms with E-state index in [1.807, 2.05) is 0 Å². The Balaban J connectivity index is 5.74. The highest BCUT2D eigenvalue weighted by Crippen LogP contribution is 2.41. The summed E-state index contributed by atoms with van der Waals surface area (Å²) >= 11 is 2.38. The molecule has 0 amide bonds. The van der Waals surface area contributed by atoms with Crippen molar-refractivity contribution in [2.45, 2.75) is 55.5 Å². The van der Waals surface area contributed by atoms with Gasteiger partial charge in [0, 0.05) is 6.42 Å². The number of ether oxygens (including phenoxy) is 3. The molecule has 0 radical (unpaired) electrons. The van der Waals surface area contributed by atoms with Gasteiger partial charge >= 0.3 is 41.3 Å². The zero-order chi connectivity index (χ0) is 26.5. The Morgan fingerprint density at radius 3 is 1.82 bits per heavy atom. The Labute approximate surface area is 184 Å². The van der Waals surface area contributed by atoms with E-state index in [9.17, 15) is 58.3 Å². The lowest BCUT2D eigenvalue weighted by Crippen LogP contribution is -2.59. The number of carbonyl (C=O) groups is 3. The van der Waals surface area contributed by atoms with Gasteiger partial charge in [-0.3, -0.25) is 4.79 Å². The highest BCUT2D eigenvalue weighted by molar-refractivity contribution is 7.81.